The molecule has 0 aliphatic carbocycles. The van der Waals surface area contributed by atoms with E-state index in [0.29, 0.717) is 0 Å². The third-order valence-corrected chi connectivity index (χ3v) is 5.30. The highest BCUT2D eigenvalue weighted by Crippen LogP contribution is 2.22. The molecule has 5 heteroatoms. The van der Waals surface area contributed by atoms with Gasteiger partial charge >= 0.3 is 0 Å². The lowest BCUT2D eigenvalue weighted by Crippen LogP contribution is -2.43. The summed E-state index contributed by atoms with van der Waals surface area (Å²) in [4.78, 5) is 17.4. The average Bonchev–Trinajstić information content (AvgIpc) is 2.94. The van der Waals surface area contributed by atoms with Crippen LogP contribution in [0.25, 0.3) is 0 Å². The fourth-order valence-electron chi connectivity index (χ4n) is 3.05. The molecule has 1 aliphatic heterocycles. The van der Waals surface area contributed by atoms with Gasteiger partial charge in [0, 0.05) is 29.4 Å². The van der Waals surface area contributed by atoms with Crippen LogP contribution >= 0.6 is 11.3 Å². The van der Waals surface area contributed by atoms with Crippen LogP contribution in [-0.4, -0.2) is 43.7 Å². The Labute approximate surface area is 147 Å². The SMILES string of the molecule is Cc1cc(C(=O)NC(CN2CCOCC2)c2ccccc2)c(C)s1. The Balaban J connectivity index is 1.76. The van der Waals surface area contributed by atoms with Crippen molar-refractivity contribution in [3.8, 4) is 0 Å². The summed E-state index contributed by atoms with van der Waals surface area (Å²) < 4.78 is 5.43. The zero-order valence-corrected chi connectivity index (χ0v) is 15.1. The Morgan fingerprint density at radius 2 is 1.96 bits per heavy atom. The van der Waals surface area contributed by atoms with E-state index in [2.05, 4.69) is 22.3 Å². The van der Waals surface area contributed by atoms with E-state index in [1.807, 2.05) is 38.1 Å². The van der Waals surface area contributed by atoms with Crippen molar-refractivity contribution < 1.29 is 9.53 Å². The Bertz CT molecular complexity index is 678. The molecule has 1 N–H and O–H groups in total. The molecule has 0 radical (unpaired) electrons. The van der Waals surface area contributed by atoms with Crippen LogP contribution in [-0.2, 0) is 4.74 Å². The van der Waals surface area contributed by atoms with E-state index in [9.17, 15) is 4.79 Å². The van der Waals surface area contributed by atoms with Gasteiger partial charge in [0.15, 0.2) is 0 Å². The fraction of sp³-hybridized carbons (Fsp3) is 0.421. The van der Waals surface area contributed by atoms with Crippen molar-refractivity contribution in [1.82, 2.24) is 10.2 Å². The largest absolute Gasteiger partial charge is 0.379 e. The van der Waals surface area contributed by atoms with Crippen molar-refractivity contribution in [2.75, 3.05) is 32.8 Å². The summed E-state index contributed by atoms with van der Waals surface area (Å²) in [6.07, 6.45) is 0. The minimum atomic E-state index is -0.0172. The van der Waals surface area contributed by atoms with E-state index in [0.717, 1.165) is 48.9 Å². The lowest BCUT2D eigenvalue weighted by molar-refractivity contribution is 0.0332. The van der Waals surface area contributed by atoms with Crippen LogP contribution in [0.3, 0.4) is 0 Å². The molecule has 4 nitrogen and oxygen atoms in total. The van der Waals surface area contributed by atoms with Crippen LogP contribution in [0, 0.1) is 13.8 Å². The number of rotatable bonds is 5. The van der Waals surface area contributed by atoms with Crippen LogP contribution in [0.4, 0.5) is 0 Å². The van der Waals surface area contributed by atoms with Crippen LogP contribution in [0.5, 0.6) is 0 Å². The molecule has 2 aromatic rings. The zero-order valence-electron chi connectivity index (χ0n) is 14.2. The van der Waals surface area contributed by atoms with E-state index >= 15 is 0 Å². The molecular formula is C19H24N2O2S. The van der Waals surface area contributed by atoms with Gasteiger partial charge in [0.1, 0.15) is 0 Å². The zero-order chi connectivity index (χ0) is 16.9. The Kier molecular flexibility index (Phi) is 5.66. The molecule has 1 aliphatic rings. The molecule has 1 aromatic heterocycles. The van der Waals surface area contributed by atoms with Gasteiger partial charge < -0.3 is 10.1 Å². The standard InChI is InChI=1S/C19H24N2O2S/c1-14-12-17(15(2)24-14)19(22)20-18(16-6-4-3-5-7-16)13-21-8-10-23-11-9-21/h3-7,12,18H,8-11,13H2,1-2H3,(H,20,22). The maximum absolute atomic E-state index is 12.8. The normalized spacial score (nSPS) is 16.8. The van der Waals surface area contributed by atoms with Crippen molar-refractivity contribution in [3.63, 3.8) is 0 Å². The molecule has 24 heavy (non-hydrogen) atoms. The van der Waals surface area contributed by atoms with Gasteiger partial charge in [0.2, 0.25) is 0 Å². The number of hydrogen-bond acceptors (Lipinski definition) is 4. The highest BCUT2D eigenvalue weighted by atomic mass is 32.1. The van der Waals surface area contributed by atoms with Gasteiger partial charge in [-0.3, -0.25) is 9.69 Å². The molecule has 1 atom stereocenters. The topological polar surface area (TPSA) is 41.6 Å². The van der Waals surface area contributed by atoms with Crippen molar-refractivity contribution >= 4 is 17.2 Å². The molecule has 0 saturated carbocycles. The maximum Gasteiger partial charge on any atom is 0.252 e. The second-order valence-corrected chi connectivity index (χ2v) is 7.64. The summed E-state index contributed by atoms with van der Waals surface area (Å²) >= 11 is 1.67. The number of thiophene rings is 1. The number of benzene rings is 1. The molecule has 128 valence electrons. The van der Waals surface area contributed by atoms with Crippen LogP contribution < -0.4 is 5.32 Å². The first kappa shape index (κ1) is 17.1. The van der Waals surface area contributed by atoms with Gasteiger partial charge in [0.05, 0.1) is 24.8 Å². The highest BCUT2D eigenvalue weighted by molar-refractivity contribution is 7.12. The van der Waals surface area contributed by atoms with Crippen molar-refractivity contribution in [2.45, 2.75) is 19.9 Å². The Morgan fingerprint density at radius 1 is 1.25 bits per heavy atom. The number of amides is 1. The number of ether oxygens (including phenoxy) is 1. The number of carbonyl (C=O) groups excluding carboxylic acids is 1. The van der Waals surface area contributed by atoms with Gasteiger partial charge in [-0.15, -0.1) is 11.3 Å². The Hall–Kier alpha value is -1.69. The van der Waals surface area contributed by atoms with Crippen molar-refractivity contribution in [3.05, 3.63) is 57.3 Å². The van der Waals surface area contributed by atoms with Crippen LogP contribution in [0.1, 0.15) is 31.7 Å². The van der Waals surface area contributed by atoms with Gasteiger partial charge in [-0.2, -0.15) is 0 Å². The molecule has 1 amide bonds. The first-order valence-electron chi connectivity index (χ1n) is 8.36. The summed E-state index contributed by atoms with van der Waals surface area (Å²) in [5, 5.41) is 3.24. The molecule has 0 spiro atoms. The molecular weight excluding hydrogens is 320 g/mol. The number of hydrogen-bond donors (Lipinski definition) is 1. The second kappa shape index (κ2) is 7.92. The summed E-state index contributed by atoms with van der Waals surface area (Å²) in [5.74, 6) is 0.0129. The number of nitrogens with zero attached hydrogens (tertiary/aromatic N) is 1. The first-order chi connectivity index (χ1) is 11.6. The fourth-order valence-corrected chi connectivity index (χ4v) is 3.98. The number of carbonyl (C=O) groups is 1. The van der Waals surface area contributed by atoms with E-state index < -0.39 is 0 Å². The van der Waals surface area contributed by atoms with E-state index in [4.69, 9.17) is 4.74 Å². The lowest BCUT2D eigenvalue weighted by atomic mass is 10.1. The third kappa shape index (κ3) is 4.23. The molecule has 1 unspecified atom stereocenters. The summed E-state index contributed by atoms with van der Waals surface area (Å²) in [7, 11) is 0. The summed E-state index contributed by atoms with van der Waals surface area (Å²) in [6.45, 7) is 8.20. The number of nitrogens with one attached hydrogen (secondary N) is 1. The highest BCUT2D eigenvalue weighted by Gasteiger charge is 2.22. The van der Waals surface area contributed by atoms with Crippen molar-refractivity contribution in [2.24, 2.45) is 0 Å². The molecule has 1 saturated heterocycles. The average molecular weight is 344 g/mol. The maximum atomic E-state index is 12.8. The quantitative estimate of drug-likeness (QED) is 0.906. The third-order valence-electron chi connectivity index (χ3n) is 4.34. The smallest absolute Gasteiger partial charge is 0.252 e. The Morgan fingerprint density at radius 3 is 2.58 bits per heavy atom. The van der Waals surface area contributed by atoms with Gasteiger partial charge in [-0.25, -0.2) is 0 Å². The minimum absolute atomic E-state index is 0.0129. The first-order valence-corrected chi connectivity index (χ1v) is 9.18. The molecule has 3 rings (SSSR count). The molecule has 1 aromatic carbocycles. The van der Waals surface area contributed by atoms with Crippen molar-refractivity contribution in [1.29, 1.82) is 0 Å². The van der Waals surface area contributed by atoms with Gasteiger partial charge in [-0.05, 0) is 25.5 Å². The summed E-state index contributed by atoms with van der Waals surface area (Å²) in [6, 6.07) is 12.2. The van der Waals surface area contributed by atoms with Gasteiger partial charge in [0.25, 0.3) is 5.91 Å². The minimum Gasteiger partial charge on any atom is -0.379 e. The predicted molar refractivity (Wildman–Crippen MR) is 97.7 cm³/mol. The van der Waals surface area contributed by atoms with Crippen LogP contribution in [0.2, 0.25) is 0 Å². The van der Waals surface area contributed by atoms with E-state index in [1.54, 1.807) is 11.3 Å². The summed E-state index contributed by atoms with van der Waals surface area (Å²) in [5.41, 5.74) is 1.93. The van der Waals surface area contributed by atoms with Crippen LogP contribution in [0.15, 0.2) is 36.4 Å². The monoisotopic (exact) mass is 344 g/mol. The van der Waals surface area contributed by atoms with E-state index in [-0.39, 0.29) is 11.9 Å². The molecule has 2 heterocycles. The number of aryl methyl sites for hydroxylation is 2. The predicted octanol–water partition coefficient (Wildman–Crippen LogP) is 3.17. The second-order valence-electron chi connectivity index (χ2n) is 6.18. The number of morpholine rings is 1. The lowest BCUT2D eigenvalue weighted by Gasteiger charge is -2.31. The van der Waals surface area contributed by atoms with Gasteiger partial charge in [-0.1, -0.05) is 30.3 Å². The molecule has 1 fully saturated rings. The molecule has 0 bridgehead atoms. The van der Waals surface area contributed by atoms with E-state index in [1.165, 1.54) is 4.88 Å².